The third-order valence-corrected chi connectivity index (χ3v) is 3.02. The summed E-state index contributed by atoms with van der Waals surface area (Å²) in [4.78, 5) is 13.0. The topological polar surface area (TPSA) is 29.5 Å². The third kappa shape index (κ3) is 2.33. The monoisotopic (exact) mass is 231 g/mol. The zero-order chi connectivity index (χ0) is 12.4. The third-order valence-electron chi connectivity index (χ3n) is 3.02. The molecule has 1 heterocycles. The molecule has 2 rings (SSSR count). The number of carbonyl (C=O) groups excluding carboxylic acids is 1. The largest absolute Gasteiger partial charge is 0.452 e. The Morgan fingerprint density at radius 3 is 2.82 bits per heavy atom. The number of nitrogens with zero attached hydrogens (tertiary/aromatic N) is 1. The Hall–Kier alpha value is -1.77. The highest BCUT2D eigenvalue weighted by molar-refractivity contribution is 5.72. The zero-order valence-corrected chi connectivity index (χ0v) is 10.4. The Morgan fingerprint density at radius 2 is 2.18 bits per heavy atom. The molecule has 0 unspecified atom stereocenters. The van der Waals surface area contributed by atoms with E-state index < -0.39 is 0 Å². The van der Waals surface area contributed by atoms with E-state index in [9.17, 15) is 4.79 Å². The van der Waals surface area contributed by atoms with Crippen LogP contribution in [0.4, 0.5) is 4.79 Å². The van der Waals surface area contributed by atoms with Gasteiger partial charge in [-0.25, -0.2) is 4.79 Å². The highest BCUT2D eigenvalue weighted by Crippen LogP contribution is 2.24. The van der Waals surface area contributed by atoms with Crippen molar-refractivity contribution in [3.8, 4) is 0 Å². The molecular formula is C14H17NO2. The molecule has 1 aromatic rings. The van der Waals surface area contributed by atoms with E-state index >= 15 is 0 Å². The fourth-order valence-corrected chi connectivity index (χ4v) is 1.93. The molecule has 3 nitrogen and oxygen atoms in total. The van der Waals surface area contributed by atoms with Crippen molar-refractivity contribution in [3.63, 3.8) is 0 Å². The van der Waals surface area contributed by atoms with Crippen LogP contribution in [0.15, 0.2) is 24.4 Å². The highest BCUT2D eigenvalue weighted by Gasteiger charge is 2.17. The molecule has 17 heavy (non-hydrogen) atoms. The second-order valence-corrected chi connectivity index (χ2v) is 4.53. The van der Waals surface area contributed by atoms with E-state index in [2.05, 4.69) is 32.0 Å². The molecule has 0 saturated carbocycles. The van der Waals surface area contributed by atoms with Gasteiger partial charge in [0.15, 0.2) is 0 Å². The van der Waals surface area contributed by atoms with Gasteiger partial charge in [0.2, 0.25) is 0 Å². The van der Waals surface area contributed by atoms with Gasteiger partial charge >= 0.3 is 6.09 Å². The van der Waals surface area contributed by atoms with Crippen LogP contribution in [0.5, 0.6) is 0 Å². The minimum absolute atomic E-state index is 0.318. The number of benzene rings is 1. The van der Waals surface area contributed by atoms with Crippen LogP contribution >= 0.6 is 0 Å². The number of hydrogen-bond donors (Lipinski definition) is 0. The molecule has 1 aliphatic heterocycles. The second-order valence-electron chi connectivity index (χ2n) is 4.53. The lowest BCUT2D eigenvalue weighted by Gasteiger charge is -2.23. The molecule has 0 aliphatic carbocycles. The summed E-state index contributed by atoms with van der Waals surface area (Å²) in [5, 5.41) is 0. The fraction of sp³-hybridized carbons (Fsp3) is 0.357. The van der Waals surface area contributed by atoms with E-state index in [0.717, 1.165) is 0 Å². The molecule has 0 bridgehead atoms. The van der Waals surface area contributed by atoms with Gasteiger partial charge in [-0.2, -0.15) is 0 Å². The van der Waals surface area contributed by atoms with Gasteiger partial charge in [-0.1, -0.05) is 32.0 Å². The van der Waals surface area contributed by atoms with E-state index in [1.54, 1.807) is 11.1 Å². The Morgan fingerprint density at radius 1 is 1.41 bits per heavy atom. The molecular weight excluding hydrogens is 214 g/mol. The first-order valence-electron chi connectivity index (χ1n) is 5.77. The van der Waals surface area contributed by atoms with Crippen LogP contribution in [0, 0.1) is 0 Å². The summed E-state index contributed by atoms with van der Waals surface area (Å²) in [5.74, 6) is 0.498. The molecule has 1 amide bonds. The van der Waals surface area contributed by atoms with E-state index in [-0.39, 0.29) is 6.09 Å². The van der Waals surface area contributed by atoms with Gasteiger partial charge in [0.05, 0.1) is 13.7 Å². The van der Waals surface area contributed by atoms with Crippen molar-refractivity contribution in [1.29, 1.82) is 0 Å². The van der Waals surface area contributed by atoms with Crippen molar-refractivity contribution in [3.05, 3.63) is 41.1 Å². The maximum Gasteiger partial charge on any atom is 0.413 e. The number of hydrogen-bond acceptors (Lipinski definition) is 2. The van der Waals surface area contributed by atoms with Gasteiger partial charge in [0.1, 0.15) is 0 Å². The highest BCUT2D eigenvalue weighted by atomic mass is 16.5. The van der Waals surface area contributed by atoms with Crippen LogP contribution in [0.25, 0.3) is 6.08 Å². The fourth-order valence-electron chi connectivity index (χ4n) is 1.93. The second kappa shape index (κ2) is 4.62. The molecule has 0 radical (unpaired) electrons. The maximum atomic E-state index is 11.4. The number of amides is 1. The van der Waals surface area contributed by atoms with Crippen molar-refractivity contribution in [2.75, 3.05) is 7.11 Å². The quantitative estimate of drug-likeness (QED) is 0.741. The normalized spacial score (nSPS) is 13.8. The number of fused-ring (bicyclic) bond motifs is 1. The number of ether oxygens (including phenoxy) is 1. The average molecular weight is 231 g/mol. The molecule has 0 atom stereocenters. The van der Waals surface area contributed by atoms with Crippen LogP contribution in [0.3, 0.4) is 0 Å². The minimum Gasteiger partial charge on any atom is -0.452 e. The smallest absolute Gasteiger partial charge is 0.413 e. The Kier molecular flexibility index (Phi) is 3.18. The number of methoxy groups -OCH3 is 1. The van der Waals surface area contributed by atoms with E-state index in [4.69, 9.17) is 4.74 Å². The summed E-state index contributed by atoms with van der Waals surface area (Å²) in [5.41, 5.74) is 3.64. The predicted molar refractivity (Wildman–Crippen MR) is 67.5 cm³/mol. The SMILES string of the molecule is COC(=O)N1C=Cc2ccc(C(C)C)cc2C1. The average Bonchev–Trinajstić information content (AvgIpc) is 2.36. The van der Waals surface area contributed by atoms with Crippen molar-refractivity contribution in [1.82, 2.24) is 4.90 Å². The summed E-state index contributed by atoms with van der Waals surface area (Å²) in [7, 11) is 1.40. The predicted octanol–water partition coefficient (Wildman–Crippen LogP) is 3.36. The lowest BCUT2D eigenvalue weighted by molar-refractivity contribution is 0.138. The van der Waals surface area contributed by atoms with Crippen LogP contribution in [-0.4, -0.2) is 18.1 Å². The first-order chi connectivity index (χ1) is 8.11. The van der Waals surface area contributed by atoms with Gasteiger partial charge in [0.25, 0.3) is 0 Å². The minimum atomic E-state index is -0.318. The van der Waals surface area contributed by atoms with Gasteiger partial charge < -0.3 is 4.74 Å². The molecule has 3 heteroatoms. The van der Waals surface area contributed by atoms with Gasteiger partial charge in [0, 0.05) is 6.20 Å². The molecule has 0 saturated heterocycles. The molecule has 0 aromatic heterocycles. The van der Waals surface area contributed by atoms with E-state index in [1.165, 1.54) is 23.8 Å². The standard InChI is InChI=1S/C14H17NO2/c1-10(2)12-5-4-11-6-7-15(14(16)17-3)9-13(11)8-12/h4-8,10H,9H2,1-3H3. The first-order valence-corrected chi connectivity index (χ1v) is 5.77. The Labute approximate surface area is 102 Å². The van der Waals surface area contributed by atoms with Crippen LogP contribution in [0.1, 0.15) is 36.5 Å². The lowest BCUT2D eigenvalue weighted by atomic mass is 9.96. The van der Waals surface area contributed by atoms with Crippen LogP contribution in [-0.2, 0) is 11.3 Å². The lowest BCUT2D eigenvalue weighted by Crippen LogP contribution is -2.27. The summed E-state index contributed by atoms with van der Waals surface area (Å²) in [6.45, 7) is 4.91. The van der Waals surface area contributed by atoms with Gasteiger partial charge in [-0.15, -0.1) is 0 Å². The van der Waals surface area contributed by atoms with Crippen molar-refractivity contribution in [2.24, 2.45) is 0 Å². The van der Waals surface area contributed by atoms with Crippen LogP contribution in [0.2, 0.25) is 0 Å². The molecule has 0 fully saturated rings. The summed E-state index contributed by atoms with van der Waals surface area (Å²) >= 11 is 0. The first kappa shape index (κ1) is 11.7. The van der Waals surface area contributed by atoms with Gasteiger partial charge in [-0.3, -0.25) is 4.90 Å². The summed E-state index contributed by atoms with van der Waals surface area (Å²) < 4.78 is 4.72. The van der Waals surface area contributed by atoms with Crippen molar-refractivity contribution in [2.45, 2.75) is 26.3 Å². The maximum absolute atomic E-state index is 11.4. The molecule has 0 N–H and O–H groups in total. The molecule has 1 aliphatic rings. The Bertz CT molecular complexity index is 463. The molecule has 0 spiro atoms. The van der Waals surface area contributed by atoms with Crippen molar-refractivity contribution >= 4 is 12.2 Å². The summed E-state index contributed by atoms with van der Waals surface area (Å²) in [6.07, 6.45) is 3.39. The number of carbonyl (C=O) groups is 1. The van der Waals surface area contributed by atoms with Gasteiger partial charge in [-0.05, 0) is 28.7 Å². The van der Waals surface area contributed by atoms with Crippen molar-refractivity contribution < 1.29 is 9.53 Å². The summed E-state index contributed by atoms with van der Waals surface area (Å²) in [6, 6.07) is 6.41. The van der Waals surface area contributed by atoms with Crippen LogP contribution < -0.4 is 0 Å². The Balaban J connectivity index is 2.29. The van der Waals surface area contributed by atoms with E-state index in [1.807, 2.05) is 6.08 Å². The number of rotatable bonds is 1. The van der Waals surface area contributed by atoms with E-state index in [0.29, 0.717) is 12.5 Å². The molecule has 90 valence electrons. The zero-order valence-electron chi connectivity index (χ0n) is 10.4. The molecule has 1 aromatic carbocycles.